The smallest absolute Gasteiger partial charge is 0.209 e. The van der Waals surface area contributed by atoms with Gasteiger partial charge in [-0.1, -0.05) is 24.6 Å². The topological polar surface area (TPSA) is 69.4 Å². The normalized spacial score (nSPS) is 13.4. The van der Waals surface area contributed by atoms with Crippen molar-refractivity contribution < 1.29 is 17.5 Å². The van der Waals surface area contributed by atoms with E-state index in [0.717, 1.165) is 0 Å². The van der Waals surface area contributed by atoms with Crippen LogP contribution in [0.15, 0.2) is 18.2 Å². The van der Waals surface area contributed by atoms with Gasteiger partial charge in [0.2, 0.25) is 10.0 Å². The molecule has 1 unspecified atom stereocenters. The minimum absolute atomic E-state index is 0.00114. The Hall–Kier alpha value is -0.850. The highest BCUT2D eigenvalue weighted by Gasteiger charge is 2.13. The molecule has 0 aliphatic carbocycles. The molecule has 7 heteroatoms. The molecular weight excluding hydrogens is 269 g/mol. The molecule has 0 bridgehead atoms. The summed E-state index contributed by atoms with van der Waals surface area (Å²) in [5.74, 6) is -1.20. The Labute approximate surface area is 105 Å². The predicted molar refractivity (Wildman–Crippen MR) is 64.0 cm³/mol. The molecule has 17 heavy (non-hydrogen) atoms. The highest BCUT2D eigenvalue weighted by Crippen LogP contribution is 2.24. The van der Waals surface area contributed by atoms with Gasteiger partial charge in [-0.2, -0.15) is 0 Å². The van der Waals surface area contributed by atoms with Gasteiger partial charge in [0.15, 0.2) is 11.6 Å². The van der Waals surface area contributed by atoms with Crippen molar-refractivity contribution in [1.29, 1.82) is 0 Å². The van der Waals surface area contributed by atoms with Gasteiger partial charge in [-0.15, -0.1) is 0 Å². The Morgan fingerprint density at radius 2 is 2.18 bits per heavy atom. The maximum atomic E-state index is 13.4. The van der Waals surface area contributed by atoms with Gasteiger partial charge in [0, 0.05) is 5.92 Å². The highest BCUT2D eigenvalue weighted by atomic mass is 35.5. The zero-order chi connectivity index (χ0) is 13.1. The van der Waals surface area contributed by atoms with E-state index in [4.69, 9.17) is 21.5 Å². The van der Waals surface area contributed by atoms with Crippen LogP contribution in [0.1, 0.15) is 6.92 Å². The van der Waals surface area contributed by atoms with Crippen molar-refractivity contribution in [3.05, 3.63) is 29.0 Å². The van der Waals surface area contributed by atoms with Crippen LogP contribution in [0.5, 0.6) is 5.75 Å². The van der Waals surface area contributed by atoms with E-state index in [-0.39, 0.29) is 29.0 Å². The van der Waals surface area contributed by atoms with Crippen LogP contribution in [-0.4, -0.2) is 20.8 Å². The third kappa shape index (κ3) is 4.89. The Morgan fingerprint density at radius 3 is 2.76 bits per heavy atom. The first-order valence-electron chi connectivity index (χ1n) is 4.87. The number of halogens is 2. The van der Waals surface area contributed by atoms with Gasteiger partial charge in [0.05, 0.1) is 17.4 Å². The van der Waals surface area contributed by atoms with Gasteiger partial charge in [-0.25, -0.2) is 17.9 Å². The molecule has 1 atom stereocenters. The van der Waals surface area contributed by atoms with Gasteiger partial charge in [0.1, 0.15) is 0 Å². The first-order chi connectivity index (χ1) is 7.79. The fourth-order valence-corrected chi connectivity index (χ4v) is 2.33. The number of ether oxygens (including phenoxy) is 1. The summed E-state index contributed by atoms with van der Waals surface area (Å²) in [5.41, 5.74) is 0. The van der Waals surface area contributed by atoms with Crippen LogP contribution in [-0.2, 0) is 10.0 Å². The molecule has 0 saturated carbocycles. The minimum Gasteiger partial charge on any atom is -0.490 e. The molecule has 96 valence electrons. The van der Waals surface area contributed by atoms with Crippen molar-refractivity contribution in [3.63, 3.8) is 0 Å². The van der Waals surface area contributed by atoms with Crippen LogP contribution in [0.2, 0.25) is 5.02 Å². The summed E-state index contributed by atoms with van der Waals surface area (Å²) in [6.45, 7) is 1.69. The number of hydrogen-bond acceptors (Lipinski definition) is 3. The first kappa shape index (κ1) is 14.2. The molecule has 0 aliphatic heterocycles. The number of rotatable bonds is 5. The van der Waals surface area contributed by atoms with Gasteiger partial charge in [-0.3, -0.25) is 0 Å². The molecule has 0 radical (unpaired) electrons. The monoisotopic (exact) mass is 281 g/mol. The van der Waals surface area contributed by atoms with E-state index >= 15 is 0 Å². The summed E-state index contributed by atoms with van der Waals surface area (Å²) >= 11 is 5.56. The number of hydrogen-bond donors (Lipinski definition) is 1. The van der Waals surface area contributed by atoms with E-state index in [1.165, 1.54) is 12.1 Å². The molecule has 1 aromatic rings. The second kappa shape index (κ2) is 5.66. The van der Waals surface area contributed by atoms with Gasteiger partial charge in [0.25, 0.3) is 0 Å². The zero-order valence-electron chi connectivity index (χ0n) is 9.19. The highest BCUT2D eigenvalue weighted by molar-refractivity contribution is 7.89. The Morgan fingerprint density at radius 1 is 1.53 bits per heavy atom. The standard InChI is InChI=1S/C10H13ClFNO3S/c1-7(6-17(13,14)15)5-16-9-4-2-3-8(11)10(9)12/h2-4,7H,5-6H2,1H3,(H2,13,14,15). The Bertz CT molecular complexity index is 492. The molecule has 1 rings (SSSR count). The van der Waals surface area contributed by atoms with E-state index < -0.39 is 15.8 Å². The van der Waals surface area contributed by atoms with Crippen molar-refractivity contribution in [2.45, 2.75) is 6.92 Å². The van der Waals surface area contributed by atoms with Crippen molar-refractivity contribution in [3.8, 4) is 5.75 Å². The lowest BCUT2D eigenvalue weighted by atomic mass is 10.2. The second-order valence-electron chi connectivity index (χ2n) is 3.80. The van der Waals surface area contributed by atoms with Crippen LogP contribution in [0.3, 0.4) is 0 Å². The molecular formula is C10H13ClFNO3S. The SMILES string of the molecule is CC(COc1cccc(Cl)c1F)CS(N)(=O)=O. The lowest BCUT2D eigenvalue weighted by Crippen LogP contribution is -2.25. The van der Waals surface area contributed by atoms with Crippen LogP contribution in [0.4, 0.5) is 4.39 Å². The number of benzene rings is 1. The lowest BCUT2D eigenvalue weighted by Gasteiger charge is -2.12. The minimum atomic E-state index is -3.55. The van der Waals surface area contributed by atoms with Crippen LogP contribution < -0.4 is 9.88 Å². The fraction of sp³-hybridized carbons (Fsp3) is 0.400. The number of primary sulfonamides is 1. The van der Waals surface area contributed by atoms with Gasteiger partial charge >= 0.3 is 0 Å². The molecule has 2 N–H and O–H groups in total. The zero-order valence-corrected chi connectivity index (χ0v) is 10.8. The van der Waals surface area contributed by atoms with Crippen LogP contribution in [0.25, 0.3) is 0 Å². The van der Waals surface area contributed by atoms with E-state index in [0.29, 0.717) is 0 Å². The fourth-order valence-electron chi connectivity index (χ4n) is 1.27. The van der Waals surface area contributed by atoms with Crippen molar-refractivity contribution >= 4 is 21.6 Å². The van der Waals surface area contributed by atoms with Crippen LogP contribution in [0, 0.1) is 11.7 Å². The predicted octanol–water partition coefficient (Wildman–Crippen LogP) is 1.78. The Balaban J connectivity index is 2.59. The quantitative estimate of drug-likeness (QED) is 0.894. The van der Waals surface area contributed by atoms with E-state index in [2.05, 4.69) is 0 Å². The average molecular weight is 282 g/mol. The summed E-state index contributed by atoms with van der Waals surface area (Å²) < 4.78 is 40.1. The second-order valence-corrected chi connectivity index (χ2v) is 5.86. The van der Waals surface area contributed by atoms with Gasteiger partial charge in [-0.05, 0) is 12.1 Å². The number of sulfonamides is 1. The maximum Gasteiger partial charge on any atom is 0.209 e. The molecule has 0 heterocycles. The van der Waals surface area contributed by atoms with Crippen molar-refractivity contribution in [1.82, 2.24) is 0 Å². The van der Waals surface area contributed by atoms with Crippen molar-refractivity contribution in [2.75, 3.05) is 12.4 Å². The summed E-state index contributed by atoms with van der Waals surface area (Å²) in [7, 11) is -3.55. The largest absolute Gasteiger partial charge is 0.490 e. The molecule has 0 fully saturated rings. The maximum absolute atomic E-state index is 13.4. The molecule has 0 spiro atoms. The van der Waals surface area contributed by atoms with Crippen LogP contribution >= 0.6 is 11.6 Å². The van der Waals surface area contributed by atoms with E-state index in [1.54, 1.807) is 13.0 Å². The number of nitrogens with two attached hydrogens (primary N) is 1. The summed E-state index contributed by atoms with van der Waals surface area (Å²) in [4.78, 5) is 0. The molecule has 0 aliphatic rings. The van der Waals surface area contributed by atoms with E-state index in [1.807, 2.05) is 0 Å². The van der Waals surface area contributed by atoms with E-state index in [9.17, 15) is 12.8 Å². The summed E-state index contributed by atoms with van der Waals surface area (Å²) in [6, 6.07) is 4.37. The Kier molecular flexibility index (Phi) is 4.73. The van der Waals surface area contributed by atoms with Crippen molar-refractivity contribution in [2.24, 2.45) is 11.1 Å². The summed E-state index contributed by atoms with van der Waals surface area (Å²) in [6.07, 6.45) is 0. The molecule has 0 amide bonds. The average Bonchev–Trinajstić information content (AvgIpc) is 2.18. The third-order valence-corrected chi connectivity index (χ3v) is 3.28. The molecule has 1 aromatic carbocycles. The molecule has 4 nitrogen and oxygen atoms in total. The molecule has 0 aromatic heterocycles. The molecule has 0 saturated heterocycles. The van der Waals surface area contributed by atoms with Gasteiger partial charge < -0.3 is 4.74 Å². The first-order valence-corrected chi connectivity index (χ1v) is 6.96. The third-order valence-electron chi connectivity index (χ3n) is 1.96. The lowest BCUT2D eigenvalue weighted by molar-refractivity contribution is 0.260. The summed E-state index contributed by atoms with van der Waals surface area (Å²) in [5, 5.41) is 4.84.